The van der Waals surface area contributed by atoms with E-state index in [1.54, 1.807) is 0 Å². The normalized spacial score (nSPS) is 17.4. The zero-order valence-electron chi connectivity index (χ0n) is 10.1. The summed E-state index contributed by atoms with van der Waals surface area (Å²) in [4.78, 5) is 10.0. The SMILES string of the molecule is CCN1CC=C(c2c[nH]c3ncccc23)CC1. The van der Waals surface area contributed by atoms with E-state index in [4.69, 9.17) is 0 Å². The van der Waals surface area contributed by atoms with Crippen LogP contribution in [0.3, 0.4) is 0 Å². The number of aromatic amines is 1. The third-order valence-corrected chi connectivity index (χ3v) is 3.54. The van der Waals surface area contributed by atoms with Gasteiger partial charge in [0, 0.05) is 36.4 Å². The van der Waals surface area contributed by atoms with Gasteiger partial charge in [-0.05, 0) is 30.7 Å². The van der Waals surface area contributed by atoms with Crippen LogP contribution in [-0.2, 0) is 0 Å². The molecule has 0 amide bonds. The lowest BCUT2D eigenvalue weighted by Crippen LogP contribution is -2.27. The molecule has 0 aliphatic carbocycles. The van der Waals surface area contributed by atoms with Crippen LogP contribution in [0.5, 0.6) is 0 Å². The van der Waals surface area contributed by atoms with E-state index in [1.807, 2.05) is 12.3 Å². The second-order valence-corrected chi connectivity index (χ2v) is 4.47. The molecule has 0 fully saturated rings. The smallest absolute Gasteiger partial charge is 0.137 e. The molecule has 3 heteroatoms. The molecular weight excluding hydrogens is 210 g/mol. The first-order chi connectivity index (χ1) is 8.38. The largest absolute Gasteiger partial charge is 0.346 e. The number of hydrogen-bond donors (Lipinski definition) is 1. The van der Waals surface area contributed by atoms with Gasteiger partial charge in [0.15, 0.2) is 0 Å². The monoisotopic (exact) mass is 227 g/mol. The van der Waals surface area contributed by atoms with Gasteiger partial charge in [-0.2, -0.15) is 0 Å². The summed E-state index contributed by atoms with van der Waals surface area (Å²) in [5.41, 5.74) is 3.76. The van der Waals surface area contributed by atoms with E-state index in [1.165, 1.54) is 16.5 Å². The quantitative estimate of drug-likeness (QED) is 0.855. The fraction of sp³-hybridized carbons (Fsp3) is 0.357. The Morgan fingerprint density at radius 1 is 1.47 bits per heavy atom. The summed E-state index contributed by atoms with van der Waals surface area (Å²) in [6.07, 6.45) is 7.40. The average molecular weight is 227 g/mol. The summed E-state index contributed by atoms with van der Waals surface area (Å²) in [7, 11) is 0. The minimum absolute atomic E-state index is 0.987. The summed E-state index contributed by atoms with van der Waals surface area (Å²) in [6.45, 7) is 5.59. The van der Waals surface area contributed by atoms with E-state index in [-0.39, 0.29) is 0 Å². The van der Waals surface area contributed by atoms with E-state index >= 15 is 0 Å². The lowest BCUT2D eigenvalue weighted by molar-refractivity contribution is 0.319. The Kier molecular flexibility index (Phi) is 2.69. The highest BCUT2D eigenvalue weighted by Crippen LogP contribution is 2.28. The van der Waals surface area contributed by atoms with Crippen LogP contribution in [-0.4, -0.2) is 34.5 Å². The molecule has 17 heavy (non-hydrogen) atoms. The first-order valence-corrected chi connectivity index (χ1v) is 6.22. The Hall–Kier alpha value is -1.61. The van der Waals surface area contributed by atoms with Crippen LogP contribution in [0.15, 0.2) is 30.6 Å². The number of fused-ring (bicyclic) bond motifs is 1. The van der Waals surface area contributed by atoms with E-state index in [9.17, 15) is 0 Å². The number of likely N-dealkylation sites (N-methyl/N-ethyl adjacent to an activating group) is 1. The average Bonchev–Trinajstić information content (AvgIpc) is 2.83. The highest BCUT2D eigenvalue weighted by Gasteiger charge is 2.14. The molecule has 1 aliphatic heterocycles. The third kappa shape index (κ3) is 1.87. The van der Waals surface area contributed by atoms with Gasteiger partial charge in [0.05, 0.1) is 0 Å². The Morgan fingerprint density at radius 3 is 3.18 bits per heavy atom. The molecule has 3 nitrogen and oxygen atoms in total. The minimum atomic E-state index is 0.987. The molecule has 0 saturated heterocycles. The zero-order chi connectivity index (χ0) is 11.7. The third-order valence-electron chi connectivity index (χ3n) is 3.54. The van der Waals surface area contributed by atoms with Crippen LogP contribution in [0.1, 0.15) is 18.9 Å². The van der Waals surface area contributed by atoms with Crippen molar-refractivity contribution in [3.8, 4) is 0 Å². The molecule has 1 N–H and O–H groups in total. The van der Waals surface area contributed by atoms with Crippen molar-refractivity contribution in [2.45, 2.75) is 13.3 Å². The van der Waals surface area contributed by atoms with Crippen molar-refractivity contribution < 1.29 is 0 Å². The Labute approximate surface area is 101 Å². The van der Waals surface area contributed by atoms with Crippen LogP contribution in [0.25, 0.3) is 16.6 Å². The van der Waals surface area contributed by atoms with Gasteiger partial charge in [-0.25, -0.2) is 4.98 Å². The van der Waals surface area contributed by atoms with Crippen molar-refractivity contribution in [3.63, 3.8) is 0 Å². The summed E-state index contributed by atoms with van der Waals surface area (Å²) < 4.78 is 0. The van der Waals surface area contributed by atoms with Gasteiger partial charge < -0.3 is 4.98 Å². The lowest BCUT2D eigenvalue weighted by atomic mass is 10.00. The summed E-state index contributed by atoms with van der Waals surface area (Å²) >= 11 is 0. The second-order valence-electron chi connectivity index (χ2n) is 4.47. The molecule has 88 valence electrons. The molecule has 0 unspecified atom stereocenters. The van der Waals surface area contributed by atoms with Gasteiger partial charge in [-0.1, -0.05) is 13.0 Å². The number of H-pyrrole nitrogens is 1. The topological polar surface area (TPSA) is 31.9 Å². The first kappa shape index (κ1) is 10.5. The number of rotatable bonds is 2. The maximum Gasteiger partial charge on any atom is 0.137 e. The Bertz CT molecular complexity index is 553. The first-order valence-electron chi connectivity index (χ1n) is 6.22. The predicted molar refractivity (Wildman–Crippen MR) is 70.8 cm³/mol. The summed E-state index contributed by atoms with van der Waals surface area (Å²) in [6, 6.07) is 4.14. The maximum atomic E-state index is 4.33. The van der Waals surface area contributed by atoms with Crippen molar-refractivity contribution in [2.24, 2.45) is 0 Å². The number of aromatic nitrogens is 2. The van der Waals surface area contributed by atoms with Crippen LogP contribution in [0.2, 0.25) is 0 Å². The molecule has 3 heterocycles. The van der Waals surface area contributed by atoms with E-state index < -0.39 is 0 Å². The van der Waals surface area contributed by atoms with Crippen LogP contribution < -0.4 is 0 Å². The van der Waals surface area contributed by atoms with Crippen LogP contribution in [0, 0.1) is 0 Å². The van der Waals surface area contributed by atoms with Gasteiger partial charge in [0.2, 0.25) is 0 Å². The van der Waals surface area contributed by atoms with E-state index in [0.717, 1.165) is 31.7 Å². The van der Waals surface area contributed by atoms with Crippen molar-refractivity contribution >= 4 is 16.6 Å². The molecular formula is C14H17N3. The molecule has 0 saturated carbocycles. The highest BCUT2D eigenvalue weighted by atomic mass is 15.1. The molecule has 0 aromatic carbocycles. The fourth-order valence-electron chi connectivity index (χ4n) is 2.46. The predicted octanol–water partition coefficient (Wildman–Crippen LogP) is 2.67. The lowest BCUT2D eigenvalue weighted by Gasteiger charge is -2.24. The van der Waals surface area contributed by atoms with Gasteiger partial charge >= 0.3 is 0 Å². The summed E-state index contributed by atoms with van der Waals surface area (Å²) in [5.74, 6) is 0. The molecule has 0 spiro atoms. The van der Waals surface area contributed by atoms with Crippen LogP contribution >= 0.6 is 0 Å². The second kappa shape index (κ2) is 4.34. The molecule has 2 aromatic rings. The van der Waals surface area contributed by atoms with E-state index in [2.05, 4.69) is 40.1 Å². The number of pyridine rings is 1. The van der Waals surface area contributed by atoms with Gasteiger partial charge in [-0.15, -0.1) is 0 Å². The van der Waals surface area contributed by atoms with Crippen molar-refractivity contribution in [1.82, 2.24) is 14.9 Å². The highest BCUT2D eigenvalue weighted by molar-refractivity contribution is 5.90. The molecule has 0 atom stereocenters. The number of nitrogens with one attached hydrogen (secondary N) is 1. The standard InChI is InChI=1S/C14H17N3/c1-2-17-8-5-11(6-9-17)13-10-16-14-12(13)4-3-7-15-14/h3-5,7,10H,2,6,8-9H2,1H3,(H,15,16). The number of hydrogen-bond acceptors (Lipinski definition) is 2. The van der Waals surface area contributed by atoms with Crippen molar-refractivity contribution in [3.05, 3.63) is 36.2 Å². The van der Waals surface area contributed by atoms with Gasteiger partial charge in [0.25, 0.3) is 0 Å². The Morgan fingerprint density at radius 2 is 2.41 bits per heavy atom. The maximum absolute atomic E-state index is 4.33. The minimum Gasteiger partial charge on any atom is -0.346 e. The molecule has 0 bridgehead atoms. The molecule has 0 radical (unpaired) electrons. The van der Waals surface area contributed by atoms with Crippen LogP contribution in [0.4, 0.5) is 0 Å². The summed E-state index contributed by atoms with van der Waals surface area (Å²) in [5, 5.41) is 1.24. The molecule has 3 rings (SSSR count). The van der Waals surface area contributed by atoms with Gasteiger partial charge in [0.1, 0.15) is 5.65 Å². The van der Waals surface area contributed by atoms with Crippen molar-refractivity contribution in [1.29, 1.82) is 0 Å². The molecule has 1 aliphatic rings. The number of nitrogens with zero attached hydrogens (tertiary/aromatic N) is 2. The van der Waals surface area contributed by atoms with Crippen molar-refractivity contribution in [2.75, 3.05) is 19.6 Å². The zero-order valence-corrected chi connectivity index (χ0v) is 10.1. The fourth-order valence-corrected chi connectivity index (χ4v) is 2.46. The van der Waals surface area contributed by atoms with Gasteiger partial charge in [-0.3, -0.25) is 4.90 Å². The van der Waals surface area contributed by atoms with E-state index in [0.29, 0.717) is 0 Å². The Balaban J connectivity index is 1.97. The molecule has 2 aromatic heterocycles.